The summed E-state index contributed by atoms with van der Waals surface area (Å²) in [5.41, 5.74) is 0.215. The summed E-state index contributed by atoms with van der Waals surface area (Å²) in [4.78, 5) is 13.0. The molecule has 286 valence electrons. The van der Waals surface area contributed by atoms with E-state index in [0.717, 1.165) is 31.0 Å². The van der Waals surface area contributed by atoms with Gasteiger partial charge < -0.3 is 17.7 Å². The molecule has 0 bridgehead atoms. The molecule has 0 aromatic heterocycles. The predicted octanol–water partition coefficient (Wildman–Crippen LogP) is 12.0. The quantitative estimate of drug-likeness (QED) is 0.156. The van der Waals surface area contributed by atoms with Gasteiger partial charge in [0.2, 0.25) is 8.32 Å². The second-order valence-corrected chi connectivity index (χ2v) is 38.1. The van der Waals surface area contributed by atoms with Gasteiger partial charge >= 0.3 is 0 Å². The molecule has 0 spiro atoms. The van der Waals surface area contributed by atoms with E-state index in [1.54, 1.807) is 0 Å². The molecule has 0 aliphatic heterocycles. The van der Waals surface area contributed by atoms with Gasteiger partial charge in [-0.2, -0.15) is 0 Å². The number of hydrogen-bond acceptors (Lipinski definition) is 5. The maximum atomic E-state index is 13.0. The van der Waals surface area contributed by atoms with Gasteiger partial charge in [0.1, 0.15) is 0 Å². The van der Waals surface area contributed by atoms with Crippen LogP contribution >= 0.6 is 0 Å². The molecule has 0 amide bonds. The van der Waals surface area contributed by atoms with Crippen molar-refractivity contribution in [3.63, 3.8) is 0 Å². The molecule has 0 radical (unpaired) electrons. The van der Waals surface area contributed by atoms with Gasteiger partial charge in [0.25, 0.3) is 5.97 Å². The monoisotopic (exact) mass is 753 g/mol. The molecule has 0 aromatic carbocycles. The van der Waals surface area contributed by atoms with Crippen LogP contribution in [0, 0.1) is 40.4 Å². The van der Waals surface area contributed by atoms with Crippen molar-refractivity contribution in [3.05, 3.63) is 0 Å². The molecule has 0 aromatic rings. The molecule has 0 N–H and O–H groups in total. The highest BCUT2D eigenvalue weighted by Crippen LogP contribution is 2.72. The van der Waals surface area contributed by atoms with Crippen molar-refractivity contribution in [2.24, 2.45) is 40.4 Å². The molecule has 4 rings (SSSR count). The maximum absolute atomic E-state index is 13.0. The Balaban J connectivity index is 1.73. The lowest BCUT2D eigenvalue weighted by Gasteiger charge is -2.68. The molecule has 4 fully saturated rings. The Hall–Kier alpha value is 0.218. The molecule has 49 heavy (non-hydrogen) atoms. The molecule has 5 nitrogen and oxygen atoms in total. The van der Waals surface area contributed by atoms with E-state index in [2.05, 4.69) is 101 Å². The molecular formula is C40H80O5Si4. The van der Waals surface area contributed by atoms with Crippen molar-refractivity contribution in [1.29, 1.82) is 0 Å². The van der Waals surface area contributed by atoms with Gasteiger partial charge in [0.15, 0.2) is 25.0 Å². The van der Waals surface area contributed by atoms with Crippen LogP contribution in [0.15, 0.2) is 0 Å². The van der Waals surface area contributed by atoms with E-state index in [1.807, 2.05) is 0 Å². The summed E-state index contributed by atoms with van der Waals surface area (Å²) in [5.74, 6) is 2.74. The van der Waals surface area contributed by atoms with Crippen molar-refractivity contribution in [2.75, 3.05) is 0 Å². The van der Waals surface area contributed by atoms with Crippen molar-refractivity contribution in [2.45, 2.75) is 207 Å². The molecule has 0 saturated heterocycles. The summed E-state index contributed by atoms with van der Waals surface area (Å²) in [6, 6.07) is 4.45. The van der Waals surface area contributed by atoms with Gasteiger partial charge in [0, 0.05) is 18.4 Å². The van der Waals surface area contributed by atoms with Crippen LogP contribution < -0.4 is 0 Å². The van der Waals surface area contributed by atoms with Crippen molar-refractivity contribution in [3.8, 4) is 0 Å². The van der Waals surface area contributed by atoms with Crippen LogP contribution in [0.3, 0.4) is 0 Å². The van der Waals surface area contributed by atoms with Crippen LogP contribution in [0.4, 0.5) is 0 Å². The minimum Gasteiger partial charge on any atom is -0.520 e. The lowest BCUT2D eigenvalue weighted by molar-refractivity contribution is -0.233. The lowest BCUT2D eigenvalue weighted by Crippen LogP contribution is -2.70. The summed E-state index contributed by atoms with van der Waals surface area (Å²) in [7, 11) is -7.33. The van der Waals surface area contributed by atoms with E-state index in [9.17, 15) is 4.79 Å². The smallest absolute Gasteiger partial charge is 0.292 e. The normalized spacial score (nSPS) is 37.6. The van der Waals surface area contributed by atoms with Crippen LogP contribution in [0.5, 0.6) is 0 Å². The fraction of sp³-hybridized carbons (Fsp3) is 0.975. The van der Waals surface area contributed by atoms with Crippen LogP contribution in [0.1, 0.15) is 113 Å². The van der Waals surface area contributed by atoms with Gasteiger partial charge in [-0.05, 0) is 169 Å². The lowest BCUT2D eigenvalue weighted by atomic mass is 9.42. The van der Waals surface area contributed by atoms with Crippen LogP contribution in [-0.2, 0) is 22.5 Å². The predicted molar refractivity (Wildman–Crippen MR) is 217 cm³/mol. The van der Waals surface area contributed by atoms with Crippen molar-refractivity contribution in [1.82, 2.24) is 0 Å². The topological polar surface area (TPSA) is 54.0 Å². The number of hydrogen-bond donors (Lipinski definition) is 0. The zero-order valence-corrected chi connectivity index (χ0v) is 39.0. The van der Waals surface area contributed by atoms with Crippen molar-refractivity contribution < 1.29 is 22.5 Å². The van der Waals surface area contributed by atoms with Crippen LogP contribution in [0.25, 0.3) is 0 Å². The molecule has 9 heteroatoms. The number of fused-ring (bicyclic) bond motifs is 5. The van der Waals surface area contributed by atoms with E-state index < -0.39 is 33.3 Å². The van der Waals surface area contributed by atoms with E-state index in [0.29, 0.717) is 47.5 Å². The number of rotatable bonds is 15. The molecular weight excluding hydrogens is 673 g/mol. The SMILES string of the molecule is CC[Si](C)(C)OC(=O)CCC(C)C1CC[C@@]2(O[Si](C)(C)CC)C3C(CCC12C)C1(C)CC[C@@H](O[Si](C)(C)CC)CC1C[C@@H]3O[Si](C)(C)CC. The Morgan fingerprint density at radius 2 is 1.33 bits per heavy atom. The molecule has 4 aliphatic rings. The highest BCUT2D eigenvalue weighted by Gasteiger charge is 2.72. The second kappa shape index (κ2) is 15.2. The van der Waals surface area contributed by atoms with Crippen LogP contribution in [-0.4, -0.2) is 57.0 Å². The van der Waals surface area contributed by atoms with Crippen molar-refractivity contribution >= 4 is 39.2 Å². The first kappa shape index (κ1) is 42.0. The minimum absolute atomic E-state index is 0.0234. The average molecular weight is 753 g/mol. The van der Waals surface area contributed by atoms with Gasteiger partial charge in [-0.3, -0.25) is 4.79 Å². The Kier molecular flexibility index (Phi) is 13.0. The van der Waals surface area contributed by atoms with E-state index in [1.165, 1.54) is 51.0 Å². The minimum atomic E-state index is -1.95. The summed E-state index contributed by atoms with van der Waals surface area (Å²) >= 11 is 0. The number of carbonyl (C=O) groups excluding carboxylic acids is 1. The molecule has 7 unspecified atom stereocenters. The standard InChI is InChI=1S/C40H80O5Si4/c1-16-46(8,9)42-32-22-25-38(6)31(28-32)29-35(43-47(10,11)17-2)37-34(38)23-26-39(7)33(24-27-40(37,39)45-49(14,15)19-4)30(5)20-21-36(41)44-48(12,13)18-3/h30-35,37H,16-29H2,1-15H3/t30?,31?,32-,33?,34?,35+,37?,38?,39?,40-/m1/s1. The first-order valence-corrected chi connectivity index (χ1v) is 33.3. The molecule has 0 heterocycles. The van der Waals surface area contributed by atoms with E-state index in [-0.39, 0.29) is 23.1 Å². The van der Waals surface area contributed by atoms with Gasteiger partial charge in [0.05, 0.1) is 11.7 Å². The zero-order valence-electron chi connectivity index (χ0n) is 35.0. The second-order valence-electron chi connectivity index (χ2n) is 20.3. The maximum Gasteiger partial charge on any atom is 0.292 e. The fourth-order valence-corrected chi connectivity index (χ4v) is 16.1. The summed E-state index contributed by atoms with van der Waals surface area (Å²) in [5, 5.41) is 0. The Labute approximate surface area is 308 Å². The zero-order chi connectivity index (χ0) is 36.8. The Morgan fingerprint density at radius 1 is 0.735 bits per heavy atom. The third kappa shape index (κ3) is 8.63. The highest BCUT2D eigenvalue weighted by molar-refractivity contribution is 6.72. The summed E-state index contributed by atoms with van der Waals surface area (Å²) < 4.78 is 28.6. The Bertz CT molecular complexity index is 1140. The first-order valence-electron chi connectivity index (χ1n) is 20.8. The molecule has 4 saturated carbocycles. The van der Waals surface area contributed by atoms with Gasteiger partial charge in [-0.15, -0.1) is 0 Å². The molecule has 10 atom stereocenters. The van der Waals surface area contributed by atoms with Gasteiger partial charge in [-0.25, -0.2) is 0 Å². The fourth-order valence-electron chi connectivity index (χ4n) is 11.1. The highest BCUT2D eigenvalue weighted by atomic mass is 28.4. The van der Waals surface area contributed by atoms with Gasteiger partial charge in [-0.1, -0.05) is 48.5 Å². The number of carbonyl (C=O) groups is 1. The summed E-state index contributed by atoms with van der Waals surface area (Å²) in [6.07, 6.45) is 11.8. The Morgan fingerprint density at radius 3 is 1.92 bits per heavy atom. The third-order valence-corrected chi connectivity index (χ3v) is 25.9. The summed E-state index contributed by atoms with van der Waals surface area (Å²) in [6.45, 7) is 36.0. The van der Waals surface area contributed by atoms with E-state index in [4.69, 9.17) is 17.7 Å². The average Bonchev–Trinajstić information content (AvgIpc) is 3.31. The molecule has 4 aliphatic carbocycles. The van der Waals surface area contributed by atoms with E-state index >= 15 is 0 Å². The first-order chi connectivity index (χ1) is 22.5. The largest absolute Gasteiger partial charge is 0.520 e. The van der Waals surface area contributed by atoms with Crippen LogP contribution in [0.2, 0.25) is 76.6 Å². The third-order valence-electron chi connectivity index (χ3n) is 15.5.